The molecule has 1 atom stereocenters. The number of aliphatic hydroxyl groups excluding tert-OH is 1. The van der Waals surface area contributed by atoms with Crippen LogP contribution in [0.5, 0.6) is 0 Å². The van der Waals surface area contributed by atoms with E-state index in [1.807, 2.05) is 0 Å². The number of aldehydes is 1. The minimum atomic E-state index is -0.706. The van der Waals surface area contributed by atoms with E-state index in [9.17, 15) is 14.7 Å². The molecule has 0 saturated heterocycles. The van der Waals surface area contributed by atoms with Crippen molar-refractivity contribution in [3.63, 3.8) is 0 Å². The van der Waals surface area contributed by atoms with E-state index in [1.165, 1.54) is 0 Å². The Hall–Kier alpha value is -1.10. The van der Waals surface area contributed by atoms with Crippen LogP contribution >= 0.6 is 0 Å². The fourth-order valence-electron chi connectivity index (χ4n) is 0.878. The Morgan fingerprint density at radius 3 is 2.60 bits per heavy atom. The average Bonchev–Trinajstić information content (AvgIpc) is 2.08. The van der Waals surface area contributed by atoms with Crippen LogP contribution in [-0.4, -0.2) is 35.7 Å². The van der Waals surface area contributed by atoms with Gasteiger partial charge in [-0.05, 0) is 27.2 Å². The highest BCUT2D eigenvalue weighted by molar-refractivity contribution is 5.67. The Morgan fingerprint density at radius 1 is 1.53 bits per heavy atom. The van der Waals surface area contributed by atoms with Crippen molar-refractivity contribution in [2.75, 3.05) is 6.54 Å². The van der Waals surface area contributed by atoms with Gasteiger partial charge in [-0.2, -0.15) is 0 Å². The summed E-state index contributed by atoms with van der Waals surface area (Å²) in [7, 11) is 0. The Labute approximate surface area is 89.8 Å². The molecule has 0 saturated carbocycles. The summed E-state index contributed by atoms with van der Waals surface area (Å²) >= 11 is 0. The Balaban J connectivity index is 3.66. The van der Waals surface area contributed by atoms with Gasteiger partial charge in [-0.1, -0.05) is 0 Å². The van der Waals surface area contributed by atoms with E-state index in [1.54, 1.807) is 20.8 Å². The molecule has 88 valence electrons. The van der Waals surface area contributed by atoms with Crippen molar-refractivity contribution in [2.24, 2.45) is 0 Å². The first-order valence-electron chi connectivity index (χ1n) is 4.93. The van der Waals surface area contributed by atoms with Crippen molar-refractivity contribution in [1.82, 2.24) is 5.32 Å². The molecule has 2 N–H and O–H groups in total. The summed E-state index contributed by atoms with van der Waals surface area (Å²) in [5.74, 6) is 0. The topological polar surface area (TPSA) is 75.6 Å². The van der Waals surface area contributed by atoms with Crippen LogP contribution in [0.1, 0.15) is 33.6 Å². The van der Waals surface area contributed by atoms with Gasteiger partial charge in [-0.25, -0.2) is 4.79 Å². The van der Waals surface area contributed by atoms with Gasteiger partial charge >= 0.3 is 6.09 Å². The molecule has 5 heteroatoms. The van der Waals surface area contributed by atoms with Gasteiger partial charge in [-0.15, -0.1) is 0 Å². The molecule has 0 aromatic rings. The van der Waals surface area contributed by atoms with Crippen LogP contribution in [0, 0.1) is 0 Å². The third-order valence-corrected chi connectivity index (χ3v) is 1.50. The number of amides is 1. The molecule has 1 amide bonds. The van der Waals surface area contributed by atoms with Gasteiger partial charge in [0.1, 0.15) is 11.9 Å². The van der Waals surface area contributed by atoms with Crippen molar-refractivity contribution in [3.8, 4) is 0 Å². The molecule has 0 bridgehead atoms. The van der Waals surface area contributed by atoms with Crippen molar-refractivity contribution in [1.29, 1.82) is 0 Å². The monoisotopic (exact) mass is 217 g/mol. The second-order valence-electron chi connectivity index (χ2n) is 4.28. The number of rotatable bonds is 5. The van der Waals surface area contributed by atoms with E-state index in [0.29, 0.717) is 6.42 Å². The Kier molecular flexibility index (Phi) is 5.93. The molecule has 0 aliphatic heterocycles. The first-order valence-corrected chi connectivity index (χ1v) is 4.93. The average molecular weight is 217 g/mol. The number of ether oxygens (including phenoxy) is 1. The SMILES string of the molecule is CC(C)(C)OC(=O)NCC(O)CCC=O. The van der Waals surface area contributed by atoms with Gasteiger partial charge in [0.05, 0.1) is 6.10 Å². The maximum atomic E-state index is 11.1. The normalized spacial score (nSPS) is 13.1. The highest BCUT2D eigenvalue weighted by atomic mass is 16.6. The maximum Gasteiger partial charge on any atom is 0.407 e. The fraction of sp³-hybridized carbons (Fsp3) is 0.800. The predicted molar refractivity (Wildman–Crippen MR) is 55.5 cm³/mol. The largest absolute Gasteiger partial charge is 0.444 e. The van der Waals surface area contributed by atoms with Crippen LogP contribution in [-0.2, 0) is 9.53 Å². The van der Waals surface area contributed by atoms with E-state index in [2.05, 4.69) is 5.32 Å². The molecule has 0 rings (SSSR count). The molecular formula is C10H19NO4. The molecule has 0 radical (unpaired) electrons. The van der Waals surface area contributed by atoms with Crippen LogP contribution in [0.15, 0.2) is 0 Å². The molecule has 0 spiro atoms. The summed E-state index contributed by atoms with van der Waals surface area (Å²) in [6.45, 7) is 5.38. The van der Waals surface area contributed by atoms with Crippen LogP contribution < -0.4 is 5.32 Å². The van der Waals surface area contributed by atoms with Crippen molar-refractivity contribution in [3.05, 3.63) is 0 Å². The van der Waals surface area contributed by atoms with Crippen molar-refractivity contribution in [2.45, 2.75) is 45.3 Å². The summed E-state index contributed by atoms with van der Waals surface area (Å²) < 4.78 is 4.96. The first kappa shape index (κ1) is 13.9. The van der Waals surface area contributed by atoms with E-state index >= 15 is 0 Å². The lowest BCUT2D eigenvalue weighted by Gasteiger charge is -2.20. The zero-order valence-electron chi connectivity index (χ0n) is 9.45. The number of carbonyl (C=O) groups excluding carboxylic acids is 2. The van der Waals surface area contributed by atoms with Crippen LogP contribution in [0.2, 0.25) is 0 Å². The van der Waals surface area contributed by atoms with E-state index in [-0.39, 0.29) is 13.0 Å². The molecule has 0 aliphatic rings. The first-order chi connectivity index (χ1) is 6.85. The molecule has 5 nitrogen and oxygen atoms in total. The number of hydrogen-bond acceptors (Lipinski definition) is 4. The molecule has 0 aromatic carbocycles. The van der Waals surface area contributed by atoms with Gasteiger partial charge in [0.15, 0.2) is 0 Å². The molecule has 0 fully saturated rings. The summed E-state index contributed by atoms with van der Waals surface area (Å²) in [6.07, 6.45) is 0.100. The molecule has 1 unspecified atom stereocenters. The summed E-state index contributed by atoms with van der Waals surface area (Å²) in [5.41, 5.74) is -0.544. The van der Waals surface area contributed by atoms with E-state index < -0.39 is 17.8 Å². The zero-order chi connectivity index (χ0) is 11.9. The highest BCUT2D eigenvalue weighted by Crippen LogP contribution is 2.06. The minimum absolute atomic E-state index is 0.1000. The molecule has 0 heterocycles. The second kappa shape index (κ2) is 6.40. The van der Waals surface area contributed by atoms with E-state index in [0.717, 1.165) is 6.29 Å². The fourth-order valence-corrected chi connectivity index (χ4v) is 0.878. The number of aliphatic hydroxyl groups is 1. The molecule has 0 aliphatic carbocycles. The summed E-state index contributed by atoms with van der Waals surface area (Å²) in [5, 5.41) is 11.7. The van der Waals surface area contributed by atoms with Gasteiger partial charge in [0.2, 0.25) is 0 Å². The minimum Gasteiger partial charge on any atom is -0.444 e. The molecular weight excluding hydrogens is 198 g/mol. The molecule has 15 heavy (non-hydrogen) atoms. The van der Waals surface area contributed by atoms with Crippen LogP contribution in [0.4, 0.5) is 4.79 Å². The highest BCUT2D eigenvalue weighted by Gasteiger charge is 2.16. The van der Waals surface area contributed by atoms with E-state index in [4.69, 9.17) is 4.74 Å². The maximum absolute atomic E-state index is 11.1. The zero-order valence-corrected chi connectivity index (χ0v) is 9.45. The third-order valence-electron chi connectivity index (χ3n) is 1.50. The summed E-state index contributed by atoms with van der Waals surface area (Å²) in [4.78, 5) is 21.1. The lowest BCUT2D eigenvalue weighted by molar-refractivity contribution is -0.108. The smallest absolute Gasteiger partial charge is 0.407 e. The van der Waals surface area contributed by atoms with Gasteiger partial charge in [0.25, 0.3) is 0 Å². The number of nitrogens with one attached hydrogen (secondary N) is 1. The lowest BCUT2D eigenvalue weighted by atomic mass is 10.2. The van der Waals surface area contributed by atoms with Crippen LogP contribution in [0.25, 0.3) is 0 Å². The van der Waals surface area contributed by atoms with Crippen LogP contribution in [0.3, 0.4) is 0 Å². The Bertz CT molecular complexity index is 210. The molecule has 0 aromatic heterocycles. The standard InChI is InChI=1S/C10H19NO4/c1-10(2,3)15-9(14)11-7-8(13)5-4-6-12/h6,8,13H,4-5,7H2,1-3H3,(H,11,14). The quantitative estimate of drug-likeness (QED) is 0.669. The van der Waals surface area contributed by atoms with Gasteiger partial charge < -0.3 is 20.0 Å². The Morgan fingerprint density at radius 2 is 2.13 bits per heavy atom. The van der Waals surface area contributed by atoms with Gasteiger partial charge in [0, 0.05) is 13.0 Å². The van der Waals surface area contributed by atoms with Crippen molar-refractivity contribution < 1.29 is 19.4 Å². The number of carbonyl (C=O) groups is 2. The van der Waals surface area contributed by atoms with Gasteiger partial charge in [-0.3, -0.25) is 0 Å². The second-order valence-corrected chi connectivity index (χ2v) is 4.28. The van der Waals surface area contributed by atoms with Crippen molar-refractivity contribution >= 4 is 12.4 Å². The number of alkyl carbamates (subject to hydrolysis) is 1. The predicted octanol–water partition coefficient (Wildman–Crippen LogP) is 0.851. The lowest BCUT2D eigenvalue weighted by Crippen LogP contribution is -2.36. The number of hydrogen-bond donors (Lipinski definition) is 2. The summed E-state index contributed by atoms with van der Waals surface area (Å²) in [6, 6.07) is 0. The third kappa shape index (κ3) is 9.21.